The highest BCUT2D eigenvalue weighted by molar-refractivity contribution is 6.31. The Hall–Kier alpha value is -1.81. The summed E-state index contributed by atoms with van der Waals surface area (Å²) in [5.74, 6) is -0.949. The fourth-order valence-electron chi connectivity index (χ4n) is 1.46. The van der Waals surface area contributed by atoms with Crippen molar-refractivity contribution in [3.8, 4) is 0 Å². The van der Waals surface area contributed by atoms with E-state index in [2.05, 4.69) is 4.98 Å². The smallest absolute Gasteiger partial charge is 0.352 e. The number of aromatic nitrogens is 2. The molecule has 0 aliphatic rings. The molecule has 0 aliphatic heterocycles. The Morgan fingerprint density at radius 2 is 2.31 bits per heavy atom. The Morgan fingerprint density at radius 1 is 1.50 bits per heavy atom. The predicted molar refractivity (Wildman–Crippen MR) is 59.7 cm³/mol. The number of aromatic carboxylic acids is 1. The van der Waals surface area contributed by atoms with E-state index in [1.807, 2.05) is 0 Å². The van der Waals surface area contributed by atoms with Crippen LogP contribution in [0.15, 0.2) is 36.8 Å². The third-order valence-corrected chi connectivity index (χ3v) is 2.59. The summed E-state index contributed by atoms with van der Waals surface area (Å²) < 4.78 is 1.63. The fraction of sp³-hybridized carbons (Fsp3) is 0.0909. The Kier molecular flexibility index (Phi) is 2.92. The van der Waals surface area contributed by atoms with Gasteiger partial charge in [-0.1, -0.05) is 11.6 Å². The SMILES string of the molecule is O=C(O)c1cccn1Cc1ccncc1Cl. The molecule has 0 saturated heterocycles. The lowest BCUT2D eigenvalue weighted by Gasteiger charge is -2.07. The van der Waals surface area contributed by atoms with E-state index in [1.54, 1.807) is 41.4 Å². The fourth-order valence-corrected chi connectivity index (χ4v) is 1.64. The first-order valence-corrected chi connectivity index (χ1v) is 5.03. The molecule has 0 amide bonds. The van der Waals surface area contributed by atoms with Crippen LogP contribution in [0.25, 0.3) is 0 Å². The first-order chi connectivity index (χ1) is 7.68. The summed E-state index contributed by atoms with van der Waals surface area (Å²) in [7, 11) is 0. The minimum atomic E-state index is -0.949. The maximum atomic E-state index is 10.9. The van der Waals surface area contributed by atoms with Gasteiger partial charge in [0.1, 0.15) is 5.69 Å². The zero-order chi connectivity index (χ0) is 11.5. The molecule has 2 heterocycles. The summed E-state index contributed by atoms with van der Waals surface area (Å²) in [5, 5.41) is 9.47. The van der Waals surface area contributed by atoms with Crippen LogP contribution in [-0.2, 0) is 6.54 Å². The molecular formula is C11H9ClN2O2. The van der Waals surface area contributed by atoms with Crippen LogP contribution in [0, 0.1) is 0 Å². The average Bonchev–Trinajstić information content (AvgIpc) is 2.69. The third kappa shape index (κ3) is 2.06. The Labute approximate surface area is 97.1 Å². The first kappa shape index (κ1) is 10.7. The molecule has 0 unspecified atom stereocenters. The molecule has 0 atom stereocenters. The van der Waals surface area contributed by atoms with Crippen molar-refractivity contribution in [2.75, 3.05) is 0 Å². The van der Waals surface area contributed by atoms with Crippen LogP contribution in [0.3, 0.4) is 0 Å². The van der Waals surface area contributed by atoms with Crippen molar-refractivity contribution >= 4 is 17.6 Å². The molecule has 0 radical (unpaired) electrons. The zero-order valence-electron chi connectivity index (χ0n) is 8.30. The maximum Gasteiger partial charge on any atom is 0.352 e. The Balaban J connectivity index is 2.31. The topological polar surface area (TPSA) is 55.1 Å². The third-order valence-electron chi connectivity index (χ3n) is 2.25. The van der Waals surface area contributed by atoms with Crippen LogP contribution in [0.2, 0.25) is 5.02 Å². The second kappa shape index (κ2) is 4.37. The van der Waals surface area contributed by atoms with Crippen LogP contribution < -0.4 is 0 Å². The maximum absolute atomic E-state index is 10.9. The number of carbonyl (C=O) groups is 1. The number of carboxylic acids is 1. The van der Waals surface area contributed by atoms with E-state index >= 15 is 0 Å². The minimum absolute atomic E-state index is 0.243. The highest BCUT2D eigenvalue weighted by Crippen LogP contribution is 2.16. The van der Waals surface area contributed by atoms with Crippen molar-refractivity contribution in [3.63, 3.8) is 0 Å². The van der Waals surface area contributed by atoms with Gasteiger partial charge in [-0.2, -0.15) is 0 Å². The van der Waals surface area contributed by atoms with Gasteiger partial charge < -0.3 is 9.67 Å². The van der Waals surface area contributed by atoms with Crippen LogP contribution in [0.4, 0.5) is 0 Å². The van der Waals surface area contributed by atoms with Gasteiger partial charge in [0, 0.05) is 25.1 Å². The highest BCUT2D eigenvalue weighted by Gasteiger charge is 2.09. The van der Waals surface area contributed by atoms with E-state index in [9.17, 15) is 4.79 Å². The lowest BCUT2D eigenvalue weighted by Crippen LogP contribution is -2.08. The second-order valence-corrected chi connectivity index (χ2v) is 3.70. The number of halogens is 1. The quantitative estimate of drug-likeness (QED) is 0.890. The van der Waals surface area contributed by atoms with Gasteiger partial charge in [-0.05, 0) is 23.8 Å². The highest BCUT2D eigenvalue weighted by atomic mass is 35.5. The number of rotatable bonds is 3. The van der Waals surface area contributed by atoms with Gasteiger partial charge in [0.05, 0.1) is 5.02 Å². The van der Waals surface area contributed by atoms with Gasteiger partial charge in [0.2, 0.25) is 0 Å². The van der Waals surface area contributed by atoms with Crippen LogP contribution in [-0.4, -0.2) is 20.6 Å². The molecule has 2 aromatic rings. The molecule has 1 N–H and O–H groups in total. The monoisotopic (exact) mass is 236 g/mol. The molecule has 0 aromatic carbocycles. The van der Waals surface area contributed by atoms with Gasteiger partial charge in [-0.15, -0.1) is 0 Å². The summed E-state index contributed by atoms with van der Waals surface area (Å²) in [6.07, 6.45) is 4.88. The molecule has 0 aliphatic carbocycles. The number of carboxylic acid groups (broad SMARTS) is 1. The summed E-state index contributed by atoms with van der Waals surface area (Å²) in [6, 6.07) is 5.02. The Morgan fingerprint density at radius 3 is 3.00 bits per heavy atom. The van der Waals surface area contributed by atoms with E-state index < -0.39 is 5.97 Å². The number of pyridine rings is 1. The van der Waals surface area contributed by atoms with E-state index in [0.717, 1.165) is 5.56 Å². The molecule has 2 aromatic heterocycles. The lowest BCUT2D eigenvalue weighted by molar-refractivity contribution is 0.0685. The van der Waals surface area contributed by atoms with Crippen molar-refractivity contribution in [1.29, 1.82) is 0 Å². The van der Waals surface area contributed by atoms with Crippen LogP contribution in [0.1, 0.15) is 16.1 Å². The van der Waals surface area contributed by atoms with Gasteiger partial charge in [0.25, 0.3) is 0 Å². The standard InChI is InChI=1S/C11H9ClN2O2/c12-9-6-13-4-3-8(9)7-14-5-1-2-10(14)11(15)16/h1-6H,7H2,(H,15,16). The van der Waals surface area contributed by atoms with Crippen LogP contribution in [0.5, 0.6) is 0 Å². The largest absolute Gasteiger partial charge is 0.477 e. The normalized spacial score (nSPS) is 10.3. The van der Waals surface area contributed by atoms with Crippen LogP contribution >= 0.6 is 11.6 Å². The molecule has 5 heteroatoms. The first-order valence-electron chi connectivity index (χ1n) is 4.65. The van der Waals surface area contributed by atoms with Gasteiger partial charge in [-0.3, -0.25) is 4.98 Å². The summed E-state index contributed by atoms with van der Waals surface area (Å²) in [5.41, 5.74) is 1.09. The van der Waals surface area contributed by atoms with Gasteiger partial charge in [-0.25, -0.2) is 4.79 Å². The number of hydrogen-bond donors (Lipinski definition) is 1. The van der Waals surface area contributed by atoms with Crippen molar-refractivity contribution in [1.82, 2.24) is 9.55 Å². The summed E-state index contributed by atoms with van der Waals surface area (Å²) in [6.45, 7) is 0.427. The predicted octanol–water partition coefficient (Wildman–Crippen LogP) is 2.28. The molecule has 0 saturated carbocycles. The zero-order valence-corrected chi connectivity index (χ0v) is 9.05. The minimum Gasteiger partial charge on any atom is -0.477 e. The molecule has 82 valence electrons. The van der Waals surface area contributed by atoms with Crippen molar-refractivity contribution in [3.05, 3.63) is 53.1 Å². The summed E-state index contributed by atoms with van der Waals surface area (Å²) >= 11 is 5.95. The average molecular weight is 237 g/mol. The number of nitrogens with zero attached hydrogens (tertiary/aromatic N) is 2. The molecular weight excluding hydrogens is 228 g/mol. The molecule has 16 heavy (non-hydrogen) atoms. The summed E-state index contributed by atoms with van der Waals surface area (Å²) in [4.78, 5) is 14.8. The van der Waals surface area contributed by atoms with E-state index in [1.165, 1.54) is 0 Å². The number of hydrogen-bond acceptors (Lipinski definition) is 2. The molecule has 4 nitrogen and oxygen atoms in total. The molecule has 0 bridgehead atoms. The van der Waals surface area contributed by atoms with E-state index in [-0.39, 0.29) is 5.69 Å². The van der Waals surface area contributed by atoms with E-state index in [0.29, 0.717) is 11.6 Å². The lowest BCUT2D eigenvalue weighted by atomic mass is 10.2. The second-order valence-electron chi connectivity index (χ2n) is 3.29. The van der Waals surface area contributed by atoms with Crippen molar-refractivity contribution in [2.45, 2.75) is 6.54 Å². The molecule has 2 rings (SSSR count). The van der Waals surface area contributed by atoms with Crippen molar-refractivity contribution < 1.29 is 9.90 Å². The Bertz CT molecular complexity index is 522. The molecule has 0 fully saturated rings. The van der Waals surface area contributed by atoms with Gasteiger partial charge >= 0.3 is 5.97 Å². The molecule has 0 spiro atoms. The van der Waals surface area contributed by atoms with Gasteiger partial charge in [0.15, 0.2) is 0 Å². The van der Waals surface area contributed by atoms with E-state index in [4.69, 9.17) is 16.7 Å². The van der Waals surface area contributed by atoms with Crippen molar-refractivity contribution in [2.24, 2.45) is 0 Å².